The molecule has 3 saturated heterocycles. The Kier molecular flexibility index (Phi) is 6.55. The van der Waals surface area contributed by atoms with Crippen LogP contribution in [0.4, 0.5) is 0 Å². The molecule has 3 fully saturated rings. The number of aliphatic hydroxyl groups is 1. The van der Waals surface area contributed by atoms with E-state index in [1.807, 2.05) is 18.2 Å². The summed E-state index contributed by atoms with van der Waals surface area (Å²) in [6.45, 7) is 3.35. The van der Waals surface area contributed by atoms with Crippen molar-refractivity contribution in [1.29, 1.82) is 0 Å². The number of rotatable bonds is 9. The van der Waals surface area contributed by atoms with Gasteiger partial charge in [0.1, 0.15) is 0 Å². The quantitative estimate of drug-likeness (QED) is 0.625. The molecule has 2 atom stereocenters. The minimum atomic E-state index is -0.800. The molecule has 3 heterocycles. The largest absolute Gasteiger partial charge is 0.481 e. The molecule has 30 heavy (non-hydrogen) atoms. The maximum absolute atomic E-state index is 12.0. The van der Waals surface area contributed by atoms with Gasteiger partial charge in [-0.2, -0.15) is 0 Å². The van der Waals surface area contributed by atoms with Crippen LogP contribution in [-0.4, -0.2) is 40.7 Å². The number of aliphatic carboxylic acids is 1. The molecule has 5 rings (SSSR count). The van der Waals surface area contributed by atoms with Crippen molar-refractivity contribution in [2.24, 2.45) is 11.8 Å². The Bertz CT molecular complexity index is 838. The van der Waals surface area contributed by atoms with Gasteiger partial charge in [0, 0.05) is 21.7 Å². The SMILES string of the molecule is O=C(O)CCCc1ccc(CCC(O)(c2ccccc2)C2CN3CCC2CC3)cc1.[HH].[HH]. The first-order chi connectivity index (χ1) is 14.5. The highest BCUT2D eigenvalue weighted by atomic mass is 16.4. The second-order valence-corrected chi connectivity index (χ2v) is 9.10. The fourth-order valence-electron chi connectivity index (χ4n) is 5.43. The molecular weight excluding hydrogens is 374 g/mol. The minimum absolute atomic E-state index is 0. The second kappa shape index (κ2) is 9.32. The van der Waals surface area contributed by atoms with Crippen molar-refractivity contribution in [2.75, 3.05) is 19.6 Å². The zero-order chi connectivity index (χ0) is 21.0. The third-order valence-corrected chi connectivity index (χ3v) is 7.22. The van der Waals surface area contributed by atoms with Crippen LogP contribution in [0.1, 0.15) is 51.6 Å². The standard InChI is InChI=1S/C26H33NO3.2H2/c28-25(29)8-4-5-20-9-11-21(12-10-20)13-16-26(30,23-6-2-1-3-7-23)24-19-27-17-14-22(24)15-18-27;;/h1-3,6-7,9-12,22,24,30H,4-5,8,13-19H2,(H,28,29);2*1H. The Hall–Kier alpha value is -2.17. The molecule has 0 radical (unpaired) electrons. The van der Waals surface area contributed by atoms with Crippen LogP contribution >= 0.6 is 0 Å². The first kappa shape index (κ1) is 21.1. The summed E-state index contributed by atoms with van der Waals surface area (Å²) < 4.78 is 0. The fraction of sp³-hybridized carbons (Fsp3) is 0.500. The highest BCUT2D eigenvalue weighted by Gasteiger charge is 2.47. The summed E-state index contributed by atoms with van der Waals surface area (Å²) in [5.74, 6) is 0.161. The van der Waals surface area contributed by atoms with E-state index in [4.69, 9.17) is 5.11 Å². The van der Waals surface area contributed by atoms with E-state index in [0.717, 1.165) is 31.4 Å². The number of nitrogens with zero attached hydrogens (tertiary/aromatic N) is 1. The number of aryl methyl sites for hydroxylation is 2. The van der Waals surface area contributed by atoms with Crippen molar-refractivity contribution in [2.45, 2.75) is 50.5 Å². The van der Waals surface area contributed by atoms with Crippen LogP contribution in [0.3, 0.4) is 0 Å². The Labute approximate surface area is 182 Å². The molecule has 2 bridgehead atoms. The molecular formula is C26H37NO3. The molecule has 0 aromatic heterocycles. The first-order valence-corrected chi connectivity index (χ1v) is 11.3. The number of benzene rings is 2. The van der Waals surface area contributed by atoms with Gasteiger partial charge < -0.3 is 15.1 Å². The predicted octanol–water partition coefficient (Wildman–Crippen LogP) is 4.75. The summed E-state index contributed by atoms with van der Waals surface area (Å²) in [5, 5.41) is 20.8. The fourth-order valence-corrected chi connectivity index (χ4v) is 5.43. The summed E-state index contributed by atoms with van der Waals surface area (Å²) in [6.07, 6.45) is 5.64. The lowest BCUT2D eigenvalue weighted by atomic mass is 9.66. The molecule has 4 heteroatoms. The van der Waals surface area contributed by atoms with E-state index in [0.29, 0.717) is 12.3 Å². The van der Waals surface area contributed by atoms with E-state index in [2.05, 4.69) is 41.3 Å². The molecule has 0 saturated carbocycles. The molecule has 2 aromatic carbocycles. The first-order valence-electron chi connectivity index (χ1n) is 11.3. The number of fused-ring (bicyclic) bond motifs is 3. The van der Waals surface area contributed by atoms with E-state index < -0.39 is 11.6 Å². The van der Waals surface area contributed by atoms with Gasteiger partial charge in [-0.15, -0.1) is 0 Å². The molecule has 0 spiro atoms. The summed E-state index contributed by atoms with van der Waals surface area (Å²) in [7, 11) is 0. The molecule has 3 aliphatic heterocycles. The van der Waals surface area contributed by atoms with Gasteiger partial charge in [-0.1, -0.05) is 54.6 Å². The second-order valence-electron chi connectivity index (χ2n) is 9.10. The van der Waals surface area contributed by atoms with Crippen molar-refractivity contribution >= 4 is 5.97 Å². The number of hydrogen-bond acceptors (Lipinski definition) is 3. The van der Waals surface area contributed by atoms with E-state index in [1.54, 1.807) is 0 Å². The average molecular weight is 412 g/mol. The van der Waals surface area contributed by atoms with Crippen LogP contribution in [-0.2, 0) is 23.2 Å². The number of carbonyl (C=O) groups is 1. The lowest BCUT2D eigenvalue weighted by molar-refractivity contribution is -0.137. The maximum Gasteiger partial charge on any atom is 0.303 e. The van der Waals surface area contributed by atoms with Crippen LogP contribution < -0.4 is 0 Å². The van der Waals surface area contributed by atoms with E-state index in [1.165, 1.54) is 37.1 Å². The summed E-state index contributed by atoms with van der Waals surface area (Å²) in [4.78, 5) is 13.2. The lowest BCUT2D eigenvalue weighted by Crippen LogP contribution is -2.55. The maximum atomic E-state index is 12.0. The average Bonchev–Trinajstić information content (AvgIpc) is 2.79. The Morgan fingerprint density at radius 2 is 1.63 bits per heavy atom. The van der Waals surface area contributed by atoms with Gasteiger partial charge in [-0.3, -0.25) is 4.79 Å². The number of carboxylic acid groups (broad SMARTS) is 1. The normalized spacial score (nSPS) is 25.0. The van der Waals surface area contributed by atoms with Crippen LogP contribution in [0, 0.1) is 11.8 Å². The van der Waals surface area contributed by atoms with Crippen molar-refractivity contribution in [3.05, 3.63) is 71.3 Å². The molecule has 164 valence electrons. The van der Waals surface area contributed by atoms with Crippen molar-refractivity contribution in [1.82, 2.24) is 4.90 Å². The zero-order valence-corrected chi connectivity index (χ0v) is 17.7. The van der Waals surface area contributed by atoms with Crippen molar-refractivity contribution in [3.8, 4) is 0 Å². The van der Waals surface area contributed by atoms with E-state index in [9.17, 15) is 9.90 Å². The smallest absolute Gasteiger partial charge is 0.303 e. The van der Waals surface area contributed by atoms with Gasteiger partial charge in [-0.25, -0.2) is 0 Å². The zero-order valence-electron chi connectivity index (χ0n) is 17.7. The molecule has 4 nitrogen and oxygen atoms in total. The third kappa shape index (κ3) is 4.76. The Morgan fingerprint density at radius 3 is 2.20 bits per heavy atom. The topological polar surface area (TPSA) is 60.8 Å². The van der Waals surface area contributed by atoms with E-state index >= 15 is 0 Å². The van der Waals surface area contributed by atoms with Gasteiger partial charge in [-0.05, 0) is 74.2 Å². The highest BCUT2D eigenvalue weighted by Crippen LogP contribution is 2.45. The van der Waals surface area contributed by atoms with Gasteiger partial charge >= 0.3 is 5.97 Å². The van der Waals surface area contributed by atoms with Gasteiger partial charge in [0.05, 0.1) is 5.60 Å². The van der Waals surface area contributed by atoms with Crippen molar-refractivity contribution < 1.29 is 17.9 Å². The number of piperidine rings is 3. The predicted molar refractivity (Wildman–Crippen MR) is 123 cm³/mol. The summed E-state index contributed by atoms with van der Waals surface area (Å²) >= 11 is 0. The lowest BCUT2D eigenvalue weighted by Gasteiger charge is -2.51. The molecule has 2 aromatic rings. The number of hydrogen-bond donors (Lipinski definition) is 2. The monoisotopic (exact) mass is 411 g/mol. The highest BCUT2D eigenvalue weighted by molar-refractivity contribution is 5.66. The van der Waals surface area contributed by atoms with Gasteiger partial charge in [0.15, 0.2) is 0 Å². The van der Waals surface area contributed by atoms with Crippen molar-refractivity contribution in [3.63, 3.8) is 0 Å². The molecule has 3 aliphatic rings. The molecule has 2 unspecified atom stereocenters. The van der Waals surface area contributed by atoms with Crippen LogP contribution in [0.5, 0.6) is 0 Å². The number of carboxylic acids is 1. The Morgan fingerprint density at radius 1 is 1.00 bits per heavy atom. The molecule has 0 amide bonds. The summed E-state index contributed by atoms with van der Waals surface area (Å²) in [5.41, 5.74) is 2.66. The van der Waals surface area contributed by atoms with Crippen LogP contribution in [0.25, 0.3) is 0 Å². The molecule has 0 aliphatic carbocycles. The van der Waals surface area contributed by atoms with Gasteiger partial charge in [0.25, 0.3) is 0 Å². The Balaban J connectivity index is 0.00000181. The summed E-state index contributed by atoms with van der Waals surface area (Å²) in [6, 6.07) is 18.7. The van der Waals surface area contributed by atoms with Gasteiger partial charge in [0.2, 0.25) is 0 Å². The van der Waals surface area contributed by atoms with Crippen LogP contribution in [0.2, 0.25) is 0 Å². The molecule has 2 N–H and O–H groups in total. The van der Waals surface area contributed by atoms with E-state index in [-0.39, 0.29) is 15.2 Å². The minimum Gasteiger partial charge on any atom is -0.481 e. The third-order valence-electron chi connectivity index (χ3n) is 7.22. The van der Waals surface area contributed by atoms with Crippen LogP contribution in [0.15, 0.2) is 54.6 Å².